The molecule has 190 valence electrons. The molecule has 0 aliphatic heterocycles. The summed E-state index contributed by atoms with van der Waals surface area (Å²) in [5.41, 5.74) is 0.899. The van der Waals surface area contributed by atoms with Gasteiger partial charge in [0.05, 0.1) is 22.2 Å². The van der Waals surface area contributed by atoms with Crippen molar-refractivity contribution >= 4 is 23.5 Å². The van der Waals surface area contributed by atoms with Crippen molar-refractivity contribution in [3.05, 3.63) is 93.3 Å². The molecule has 0 aromatic heterocycles. The van der Waals surface area contributed by atoms with E-state index < -0.39 is 35.5 Å². The lowest BCUT2D eigenvalue weighted by molar-refractivity contribution is -0.138. The molecule has 5 nitrogen and oxygen atoms in total. The van der Waals surface area contributed by atoms with Crippen LogP contribution in [0.25, 0.3) is 0 Å². The SMILES string of the molecule is Cc1cc(Oc2cc(F)cc([C@@H](C)NC(=O)c3ccc(C(F)(F)F)cc3Cl)c2)ccc1CCC(=O)O. The number of halogens is 5. The van der Waals surface area contributed by atoms with E-state index in [1.807, 2.05) is 6.92 Å². The second-order valence-electron chi connectivity index (χ2n) is 8.19. The first-order chi connectivity index (χ1) is 16.8. The van der Waals surface area contributed by atoms with Gasteiger partial charge in [0.2, 0.25) is 0 Å². The molecule has 36 heavy (non-hydrogen) atoms. The van der Waals surface area contributed by atoms with Crippen molar-refractivity contribution in [3.8, 4) is 11.5 Å². The van der Waals surface area contributed by atoms with Gasteiger partial charge in [0.1, 0.15) is 17.3 Å². The Morgan fingerprint density at radius 3 is 2.39 bits per heavy atom. The third-order valence-corrected chi connectivity index (χ3v) is 5.75. The molecule has 10 heteroatoms. The van der Waals surface area contributed by atoms with Crippen molar-refractivity contribution in [2.24, 2.45) is 0 Å². The van der Waals surface area contributed by atoms with Crippen LogP contribution in [-0.4, -0.2) is 17.0 Å². The standard InChI is InChI=1S/C26H22ClF4NO4/c1-14-9-20(6-3-16(14)4-8-24(33)34)36-21-11-17(10-19(28)13-21)15(2)32-25(35)22-7-5-18(12-23(22)27)26(29,30)31/h3,5-7,9-13,15H,4,8H2,1-2H3,(H,32,35)(H,33,34)/t15-/m1/s1. The molecule has 1 amide bonds. The number of alkyl halides is 3. The number of hydrogen-bond donors (Lipinski definition) is 2. The van der Waals surface area contributed by atoms with Crippen molar-refractivity contribution in [2.75, 3.05) is 0 Å². The summed E-state index contributed by atoms with van der Waals surface area (Å²) >= 11 is 5.89. The first kappa shape index (κ1) is 27.0. The van der Waals surface area contributed by atoms with Crippen LogP contribution in [0.15, 0.2) is 54.6 Å². The number of amides is 1. The largest absolute Gasteiger partial charge is 0.481 e. The van der Waals surface area contributed by atoms with E-state index in [1.165, 1.54) is 18.2 Å². The predicted octanol–water partition coefficient (Wildman–Crippen LogP) is 7.11. The van der Waals surface area contributed by atoms with Gasteiger partial charge in [0.25, 0.3) is 5.91 Å². The van der Waals surface area contributed by atoms with Gasteiger partial charge in [-0.25, -0.2) is 4.39 Å². The molecule has 0 unspecified atom stereocenters. The van der Waals surface area contributed by atoms with Crippen LogP contribution in [0, 0.1) is 12.7 Å². The minimum absolute atomic E-state index is 0.00437. The summed E-state index contributed by atoms with van der Waals surface area (Å²) in [7, 11) is 0. The number of carboxylic acid groups (broad SMARTS) is 1. The molecule has 0 fully saturated rings. The van der Waals surface area contributed by atoms with E-state index in [-0.39, 0.29) is 22.8 Å². The van der Waals surface area contributed by atoms with E-state index in [4.69, 9.17) is 21.4 Å². The molecular weight excluding hydrogens is 502 g/mol. The van der Waals surface area contributed by atoms with Crippen LogP contribution in [0.5, 0.6) is 11.5 Å². The van der Waals surface area contributed by atoms with Gasteiger partial charge in [0, 0.05) is 12.5 Å². The van der Waals surface area contributed by atoms with E-state index in [2.05, 4.69) is 5.32 Å². The van der Waals surface area contributed by atoms with Crippen LogP contribution < -0.4 is 10.1 Å². The molecular formula is C26H22ClF4NO4. The molecule has 1 atom stereocenters. The lowest BCUT2D eigenvalue weighted by Gasteiger charge is -2.17. The second kappa shape index (κ2) is 11.0. The van der Waals surface area contributed by atoms with Crippen LogP contribution in [-0.2, 0) is 17.4 Å². The van der Waals surface area contributed by atoms with Crippen molar-refractivity contribution in [1.29, 1.82) is 0 Å². The summed E-state index contributed by atoms with van der Waals surface area (Å²) in [6.45, 7) is 3.39. The summed E-state index contributed by atoms with van der Waals surface area (Å²) in [5, 5.41) is 11.1. The van der Waals surface area contributed by atoms with Gasteiger partial charge in [0.15, 0.2) is 0 Å². The molecule has 0 aliphatic rings. The molecule has 3 aromatic rings. The number of carbonyl (C=O) groups is 2. The number of carbonyl (C=O) groups excluding carboxylic acids is 1. The van der Waals surface area contributed by atoms with Crippen LogP contribution in [0.4, 0.5) is 17.6 Å². The molecule has 0 heterocycles. The van der Waals surface area contributed by atoms with Gasteiger partial charge < -0.3 is 15.2 Å². The normalized spacial score (nSPS) is 12.2. The van der Waals surface area contributed by atoms with E-state index in [1.54, 1.807) is 25.1 Å². The average molecular weight is 524 g/mol. The zero-order valence-electron chi connectivity index (χ0n) is 19.2. The maximum absolute atomic E-state index is 14.3. The topological polar surface area (TPSA) is 75.6 Å². The summed E-state index contributed by atoms with van der Waals surface area (Å²) < 4.78 is 58.6. The highest BCUT2D eigenvalue weighted by Gasteiger charge is 2.31. The number of hydrogen-bond acceptors (Lipinski definition) is 3. The zero-order valence-corrected chi connectivity index (χ0v) is 20.0. The van der Waals surface area contributed by atoms with Crippen LogP contribution in [0.2, 0.25) is 5.02 Å². The molecule has 0 radical (unpaired) electrons. The molecule has 0 saturated heterocycles. The lowest BCUT2D eigenvalue weighted by atomic mass is 10.0. The Kier molecular flexibility index (Phi) is 8.24. The maximum Gasteiger partial charge on any atom is 0.416 e. The molecule has 3 rings (SSSR count). The van der Waals surface area contributed by atoms with Gasteiger partial charge in [-0.1, -0.05) is 17.7 Å². The first-order valence-electron chi connectivity index (χ1n) is 10.8. The molecule has 0 saturated carbocycles. The fourth-order valence-corrected chi connectivity index (χ4v) is 3.78. The molecule has 0 bridgehead atoms. The summed E-state index contributed by atoms with van der Waals surface area (Å²) in [4.78, 5) is 23.4. The van der Waals surface area contributed by atoms with Gasteiger partial charge in [-0.3, -0.25) is 9.59 Å². The zero-order chi connectivity index (χ0) is 26.6. The van der Waals surface area contributed by atoms with Crippen molar-refractivity contribution < 1.29 is 37.0 Å². The first-order valence-corrected chi connectivity index (χ1v) is 11.2. The quantitative estimate of drug-likeness (QED) is 0.309. The average Bonchev–Trinajstić information content (AvgIpc) is 2.77. The number of aliphatic carboxylic acids is 1. The fraction of sp³-hybridized carbons (Fsp3) is 0.231. The highest BCUT2D eigenvalue weighted by atomic mass is 35.5. The number of benzene rings is 3. The van der Waals surface area contributed by atoms with Crippen LogP contribution in [0.1, 0.15) is 52.0 Å². The van der Waals surface area contributed by atoms with Gasteiger partial charge in [-0.05, 0) is 79.4 Å². The summed E-state index contributed by atoms with van der Waals surface area (Å²) in [6.07, 6.45) is -4.23. The molecule has 2 N–H and O–H groups in total. The number of ether oxygens (including phenoxy) is 1. The van der Waals surface area contributed by atoms with Gasteiger partial charge in [-0.2, -0.15) is 13.2 Å². The summed E-state index contributed by atoms with van der Waals surface area (Å²) in [5.74, 6) is -1.66. The Balaban J connectivity index is 1.74. The molecule has 0 spiro atoms. The second-order valence-corrected chi connectivity index (χ2v) is 8.60. The van der Waals surface area contributed by atoms with Crippen molar-refractivity contribution in [3.63, 3.8) is 0 Å². The Hall–Kier alpha value is -3.59. The predicted molar refractivity (Wildman–Crippen MR) is 126 cm³/mol. The number of rotatable bonds is 8. The lowest BCUT2D eigenvalue weighted by Crippen LogP contribution is -2.27. The van der Waals surface area contributed by atoms with Gasteiger partial charge >= 0.3 is 12.1 Å². The third-order valence-electron chi connectivity index (χ3n) is 5.44. The number of carboxylic acids is 1. The van der Waals surface area contributed by atoms with E-state index in [9.17, 15) is 27.2 Å². The minimum atomic E-state index is -4.60. The monoisotopic (exact) mass is 523 g/mol. The minimum Gasteiger partial charge on any atom is -0.481 e. The Morgan fingerprint density at radius 2 is 1.78 bits per heavy atom. The Labute approximate surface area is 209 Å². The maximum atomic E-state index is 14.3. The Morgan fingerprint density at radius 1 is 1.06 bits per heavy atom. The smallest absolute Gasteiger partial charge is 0.416 e. The van der Waals surface area contributed by atoms with Crippen molar-refractivity contribution in [2.45, 2.75) is 38.9 Å². The Bertz CT molecular complexity index is 1290. The third kappa shape index (κ3) is 6.97. The van der Waals surface area contributed by atoms with Crippen molar-refractivity contribution in [1.82, 2.24) is 5.32 Å². The van der Waals surface area contributed by atoms with Crippen LogP contribution in [0.3, 0.4) is 0 Å². The van der Waals surface area contributed by atoms with E-state index in [0.717, 1.165) is 23.3 Å². The van der Waals surface area contributed by atoms with E-state index >= 15 is 0 Å². The number of nitrogens with one attached hydrogen (secondary N) is 1. The van der Waals surface area contributed by atoms with E-state index in [0.29, 0.717) is 23.8 Å². The highest BCUT2D eigenvalue weighted by molar-refractivity contribution is 6.33. The molecule has 0 aliphatic carbocycles. The molecule has 3 aromatic carbocycles. The highest BCUT2D eigenvalue weighted by Crippen LogP contribution is 2.33. The van der Waals surface area contributed by atoms with Gasteiger partial charge in [-0.15, -0.1) is 0 Å². The summed E-state index contributed by atoms with van der Waals surface area (Å²) in [6, 6.07) is 10.7. The van der Waals surface area contributed by atoms with Crippen LogP contribution >= 0.6 is 11.6 Å². The fourth-order valence-electron chi connectivity index (χ4n) is 3.52. The number of aryl methyl sites for hydroxylation is 2.